The van der Waals surface area contributed by atoms with E-state index in [9.17, 15) is 14.0 Å². The number of rotatable bonds is 6. The van der Waals surface area contributed by atoms with Gasteiger partial charge in [-0.05, 0) is 45.7 Å². The number of halogens is 2. The van der Waals surface area contributed by atoms with Crippen molar-refractivity contribution in [2.75, 3.05) is 11.9 Å². The van der Waals surface area contributed by atoms with Crippen molar-refractivity contribution in [3.05, 3.63) is 52.1 Å². The maximum atomic E-state index is 15.8. The monoisotopic (exact) mass is 485 g/mol. The second-order valence-electron chi connectivity index (χ2n) is 10.3. The van der Waals surface area contributed by atoms with Crippen LogP contribution in [0.5, 0.6) is 5.88 Å². The predicted octanol–water partition coefficient (Wildman–Crippen LogP) is 3.17. The highest BCUT2D eigenvalue weighted by molar-refractivity contribution is 6.05. The number of hydrogen-bond acceptors (Lipinski definition) is 6. The van der Waals surface area contributed by atoms with E-state index in [0.29, 0.717) is 12.3 Å². The number of imidazole rings is 1. The van der Waals surface area contributed by atoms with Gasteiger partial charge in [-0.25, -0.2) is 9.37 Å². The van der Waals surface area contributed by atoms with Gasteiger partial charge >= 0.3 is 0 Å². The number of alkyl halides is 1. The Balaban J connectivity index is 1.39. The maximum absolute atomic E-state index is 15.8. The highest BCUT2D eigenvalue weighted by atomic mass is 19.1. The van der Waals surface area contributed by atoms with Gasteiger partial charge in [0.15, 0.2) is 5.56 Å². The van der Waals surface area contributed by atoms with Crippen molar-refractivity contribution in [3.63, 3.8) is 0 Å². The minimum absolute atomic E-state index is 0.0735. The van der Waals surface area contributed by atoms with Gasteiger partial charge in [0.05, 0.1) is 30.0 Å². The molecule has 7 rings (SSSR count). The van der Waals surface area contributed by atoms with Crippen LogP contribution in [0.25, 0.3) is 5.78 Å². The Morgan fingerprint density at radius 1 is 1.34 bits per heavy atom. The Morgan fingerprint density at radius 2 is 2.09 bits per heavy atom. The molecule has 4 aliphatic rings. The van der Waals surface area contributed by atoms with Crippen molar-refractivity contribution < 1.29 is 23.0 Å². The van der Waals surface area contributed by atoms with Gasteiger partial charge in [-0.3, -0.25) is 14.0 Å². The molecule has 35 heavy (non-hydrogen) atoms. The fourth-order valence-corrected chi connectivity index (χ4v) is 5.35. The molecule has 5 heterocycles. The molecule has 2 atom stereocenters. The van der Waals surface area contributed by atoms with Crippen LogP contribution >= 0.6 is 0 Å². The first-order valence-electron chi connectivity index (χ1n) is 11.7. The summed E-state index contributed by atoms with van der Waals surface area (Å²) < 4.78 is 43.2. The van der Waals surface area contributed by atoms with E-state index in [1.165, 1.54) is 22.9 Å². The number of carbonyl (C=O) groups is 1. The molecule has 3 aromatic rings. The molecule has 1 N–H and O–H groups in total. The molecule has 2 aliphatic heterocycles. The Bertz CT molecular complexity index is 1430. The van der Waals surface area contributed by atoms with Gasteiger partial charge in [0.25, 0.3) is 11.5 Å². The van der Waals surface area contributed by atoms with E-state index in [0.717, 1.165) is 17.2 Å². The number of aromatic nitrogens is 4. The summed E-state index contributed by atoms with van der Waals surface area (Å²) in [6, 6.07) is 2.37. The number of ether oxygens (including phenoxy) is 2. The second kappa shape index (κ2) is 7.33. The van der Waals surface area contributed by atoms with E-state index in [-0.39, 0.29) is 34.8 Å². The van der Waals surface area contributed by atoms with Crippen LogP contribution in [0.4, 0.5) is 14.5 Å². The van der Waals surface area contributed by atoms with Crippen LogP contribution in [0, 0.1) is 5.95 Å². The summed E-state index contributed by atoms with van der Waals surface area (Å²) in [6.45, 7) is 5.99. The summed E-state index contributed by atoms with van der Waals surface area (Å²) >= 11 is 0. The van der Waals surface area contributed by atoms with Crippen molar-refractivity contribution in [3.8, 4) is 5.88 Å². The number of amides is 1. The Labute approximate surface area is 199 Å². The van der Waals surface area contributed by atoms with Crippen LogP contribution in [-0.2, 0) is 10.2 Å². The molecule has 184 valence electrons. The van der Waals surface area contributed by atoms with Crippen LogP contribution in [0.3, 0.4) is 0 Å². The first-order chi connectivity index (χ1) is 16.6. The second-order valence-corrected chi connectivity index (χ2v) is 10.3. The van der Waals surface area contributed by atoms with E-state index in [1.807, 2.05) is 6.92 Å². The summed E-state index contributed by atoms with van der Waals surface area (Å²) in [6.07, 6.45) is 3.34. The lowest BCUT2D eigenvalue weighted by Gasteiger charge is -2.41. The SMILES string of the molecule is CC(C)Oc1nc2nc(C34COC(C)(C3)C4)cn2c(F)c1C(=O)Nc1cccn([C@@H]2C[C@@H]2F)c1=O. The van der Waals surface area contributed by atoms with Crippen LogP contribution in [0.2, 0.25) is 0 Å². The molecule has 2 saturated carbocycles. The predicted molar refractivity (Wildman–Crippen MR) is 121 cm³/mol. The number of pyridine rings is 1. The van der Waals surface area contributed by atoms with Gasteiger partial charge < -0.3 is 19.4 Å². The quantitative estimate of drug-likeness (QED) is 0.539. The first kappa shape index (κ1) is 22.1. The fraction of sp³-hybridized carbons (Fsp3) is 0.500. The highest BCUT2D eigenvalue weighted by Gasteiger charge is 2.61. The summed E-state index contributed by atoms with van der Waals surface area (Å²) in [5.74, 6) is -1.95. The van der Waals surface area contributed by atoms with Crippen LogP contribution in [0.15, 0.2) is 29.3 Å². The topological polar surface area (TPSA) is 99.8 Å². The Kier molecular flexibility index (Phi) is 4.64. The molecule has 0 aromatic carbocycles. The van der Waals surface area contributed by atoms with Crippen molar-refractivity contribution in [2.24, 2.45) is 0 Å². The molecular formula is C24H25F2N5O4. The minimum atomic E-state index is -1.09. The minimum Gasteiger partial charge on any atom is -0.474 e. The summed E-state index contributed by atoms with van der Waals surface area (Å²) in [5, 5.41) is 2.46. The molecule has 3 aromatic heterocycles. The van der Waals surface area contributed by atoms with Crippen molar-refractivity contribution >= 4 is 17.4 Å². The Morgan fingerprint density at radius 3 is 2.71 bits per heavy atom. The largest absolute Gasteiger partial charge is 0.474 e. The average Bonchev–Trinajstić information content (AvgIpc) is 3.09. The smallest absolute Gasteiger partial charge is 0.274 e. The third-order valence-electron chi connectivity index (χ3n) is 7.02. The zero-order valence-corrected chi connectivity index (χ0v) is 19.5. The summed E-state index contributed by atoms with van der Waals surface area (Å²) in [7, 11) is 0. The van der Waals surface area contributed by atoms with E-state index in [4.69, 9.17) is 9.47 Å². The zero-order valence-electron chi connectivity index (χ0n) is 19.5. The number of nitrogens with one attached hydrogen (secondary N) is 1. The molecule has 2 saturated heterocycles. The van der Waals surface area contributed by atoms with E-state index < -0.39 is 41.3 Å². The van der Waals surface area contributed by atoms with E-state index >= 15 is 4.39 Å². The maximum Gasteiger partial charge on any atom is 0.274 e. The number of fused-ring (bicyclic) bond motifs is 2. The molecule has 11 heteroatoms. The summed E-state index contributed by atoms with van der Waals surface area (Å²) in [5.41, 5.74) is -0.910. The Hall–Kier alpha value is -3.34. The molecule has 0 spiro atoms. The molecule has 0 radical (unpaired) electrons. The molecule has 2 bridgehead atoms. The van der Waals surface area contributed by atoms with Gasteiger partial charge in [-0.15, -0.1) is 0 Å². The fourth-order valence-electron chi connectivity index (χ4n) is 5.35. The standard InChI is InChI=1S/C24H25F2N5O4/c1-12(2)35-20-17(19(32)27-14-5-4-6-30(21(14)33)15-7-13(15)25)18(26)31-8-16(28-22(31)29-20)24-9-23(3,10-24)34-11-24/h4-6,8,12-13,15H,7,9-11H2,1-3H3,(H,27,32)/t13-,15+,23?,24?/m0/s1. The van der Waals surface area contributed by atoms with Gasteiger partial charge in [-0.2, -0.15) is 9.37 Å². The molecule has 9 nitrogen and oxygen atoms in total. The van der Waals surface area contributed by atoms with Crippen molar-refractivity contribution in [1.82, 2.24) is 18.9 Å². The first-order valence-corrected chi connectivity index (χ1v) is 11.7. The third-order valence-corrected chi connectivity index (χ3v) is 7.02. The molecule has 2 aliphatic carbocycles. The summed E-state index contributed by atoms with van der Waals surface area (Å²) in [4.78, 5) is 34.9. The van der Waals surface area contributed by atoms with E-state index in [1.54, 1.807) is 20.0 Å². The van der Waals surface area contributed by atoms with E-state index in [2.05, 4.69) is 15.3 Å². The highest BCUT2D eigenvalue weighted by Crippen LogP contribution is 2.58. The van der Waals surface area contributed by atoms with Gasteiger partial charge in [-0.1, -0.05) is 0 Å². The number of nitrogens with zero attached hydrogens (tertiary/aromatic N) is 4. The molecule has 0 unspecified atom stereocenters. The van der Waals surface area contributed by atoms with Gasteiger partial charge in [0, 0.05) is 24.2 Å². The van der Waals surface area contributed by atoms with Gasteiger partial charge in [0.1, 0.15) is 11.9 Å². The molecular weight excluding hydrogens is 460 g/mol. The number of carbonyl (C=O) groups excluding carboxylic acids is 1. The zero-order chi connectivity index (χ0) is 24.7. The van der Waals surface area contributed by atoms with Crippen LogP contribution in [0.1, 0.15) is 62.1 Å². The van der Waals surface area contributed by atoms with Crippen LogP contribution in [-0.4, -0.2) is 49.3 Å². The third kappa shape index (κ3) is 3.43. The molecule has 1 amide bonds. The number of hydrogen-bond donors (Lipinski definition) is 1. The van der Waals surface area contributed by atoms with Crippen LogP contribution < -0.4 is 15.6 Å². The lowest BCUT2D eigenvalue weighted by molar-refractivity contribution is 0.0154. The van der Waals surface area contributed by atoms with Gasteiger partial charge in [0.2, 0.25) is 17.6 Å². The lowest BCUT2D eigenvalue weighted by atomic mass is 9.62. The normalized spacial score (nSPS) is 28.9. The number of anilines is 1. The van der Waals surface area contributed by atoms with Crippen molar-refractivity contribution in [1.29, 1.82) is 0 Å². The average molecular weight is 485 g/mol. The van der Waals surface area contributed by atoms with Crippen molar-refractivity contribution in [2.45, 2.75) is 69.4 Å². The lowest BCUT2D eigenvalue weighted by Crippen LogP contribution is -2.45. The molecule has 4 fully saturated rings.